The number of anilines is 1. The zero-order valence-corrected chi connectivity index (χ0v) is 22.2. The second-order valence-corrected chi connectivity index (χ2v) is 12.1. The second-order valence-electron chi connectivity index (χ2n) is 11.1. The number of amides is 2. The molecule has 2 amide bonds. The van der Waals surface area contributed by atoms with E-state index in [9.17, 15) is 14.4 Å². The maximum atomic E-state index is 13.9. The fourth-order valence-corrected chi connectivity index (χ4v) is 6.00. The van der Waals surface area contributed by atoms with Crippen molar-refractivity contribution in [1.29, 1.82) is 0 Å². The minimum atomic E-state index is -0.523. The topological polar surface area (TPSA) is 76.2 Å². The molecule has 1 saturated carbocycles. The van der Waals surface area contributed by atoms with Crippen molar-refractivity contribution in [2.24, 2.45) is 17.3 Å². The molecule has 8 heteroatoms. The zero-order valence-electron chi connectivity index (χ0n) is 21.4. The van der Waals surface area contributed by atoms with Gasteiger partial charge in [0.05, 0.1) is 36.4 Å². The molecular formula is C27H36N2O5S. The fourth-order valence-electron chi connectivity index (χ4n) is 5.07. The molecule has 0 radical (unpaired) electrons. The molecule has 0 aromatic carbocycles. The Bertz CT molecular complexity index is 1040. The number of rotatable bonds is 5. The molecule has 2 saturated heterocycles. The molecule has 7 nitrogen and oxygen atoms in total. The van der Waals surface area contributed by atoms with Crippen LogP contribution in [0.25, 0.3) is 0 Å². The molecule has 0 N–H and O–H groups in total. The number of hydrogen-bond donors (Lipinski definition) is 0. The van der Waals surface area contributed by atoms with Crippen LogP contribution in [0.4, 0.5) is 5.69 Å². The monoisotopic (exact) mass is 500 g/mol. The van der Waals surface area contributed by atoms with Crippen molar-refractivity contribution < 1.29 is 23.9 Å². The molecule has 3 heterocycles. The van der Waals surface area contributed by atoms with E-state index >= 15 is 0 Å². The summed E-state index contributed by atoms with van der Waals surface area (Å²) in [4.78, 5) is 44.3. The fraction of sp³-hybridized carbons (Fsp3) is 0.667. The van der Waals surface area contributed by atoms with Crippen LogP contribution in [0.1, 0.15) is 74.3 Å². The molecule has 4 rings (SSSR count). The molecule has 0 spiro atoms. The Hall–Kier alpha value is -2.37. The van der Waals surface area contributed by atoms with Gasteiger partial charge in [-0.05, 0) is 64.9 Å². The summed E-state index contributed by atoms with van der Waals surface area (Å²) in [6.07, 6.45) is 4.49. The highest BCUT2D eigenvalue weighted by Gasteiger charge is 2.43. The average Bonchev–Trinajstić information content (AvgIpc) is 3.56. The van der Waals surface area contributed by atoms with E-state index in [2.05, 4.69) is 18.8 Å². The number of likely N-dealkylation sites (tertiary alicyclic amines) is 1. The van der Waals surface area contributed by atoms with E-state index in [0.29, 0.717) is 34.5 Å². The first-order valence-electron chi connectivity index (χ1n) is 12.5. The molecule has 2 bridgehead atoms. The summed E-state index contributed by atoms with van der Waals surface area (Å²) in [5.74, 6) is 6.05. The molecule has 1 aromatic heterocycles. The summed E-state index contributed by atoms with van der Waals surface area (Å²) in [7, 11) is 1.33. The zero-order chi connectivity index (χ0) is 25.3. The Morgan fingerprint density at radius 1 is 1.23 bits per heavy atom. The van der Waals surface area contributed by atoms with Crippen LogP contribution < -0.4 is 4.90 Å². The van der Waals surface area contributed by atoms with Crippen molar-refractivity contribution in [2.75, 3.05) is 31.7 Å². The first-order valence-corrected chi connectivity index (χ1v) is 13.3. The van der Waals surface area contributed by atoms with Crippen LogP contribution in [0.5, 0.6) is 0 Å². The van der Waals surface area contributed by atoms with Gasteiger partial charge in [-0.3, -0.25) is 9.59 Å². The summed E-state index contributed by atoms with van der Waals surface area (Å²) in [5, 5.41) is 0. The summed E-state index contributed by atoms with van der Waals surface area (Å²) in [5.41, 5.74) is 0.217. The van der Waals surface area contributed by atoms with Crippen molar-refractivity contribution in [3.8, 4) is 11.8 Å². The van der Waals surface area contributed by atoms with Gasteiger partial charge in [0.2, 0.25) is 11.8 Å². The number of ether oxygens (including phenoxy) is 2. The van der Waals surface area contributed by atoms with E-state index in [0.717, 1.165) is 32.1 Å². The third kappa shape index (κ3) is 5.90. The quantitative estimate of drug-likeness (QED) is 0.450. The number of carbonyl (C=O) groups is 3. The number of thiophene rings is 1. The lowest BCUT2D eigenvalue weighted by Crippen LogP contribution is -2.49. The predicted octanol–water partition coefficient (Wildman–Crippen LogP) is 4.09. The molecule has 1 aliphatic carbocycles. The van der Waals surface area contributed by atoms with Gasteiger partial charge >= 0.3 is 5.97 Å². The Morgan fingerprint density at radius 3 is 2.51 bits per heavy atom. The van der Waals surface area contributed by atoms with Gasteiger partial charge in [0.25, 0.3) is 0 Å². The standard InChI is InChI=1S/C27H36N2O5S/c1-17-6-8-18(9-7-17)25(31)29(15-23(30)28-14-20-12-19(28)16-34-20)22-13-21(10-11-27(2,3)4)35-24(22)26(32)33-5/h13,17-20H,6-9,12,14-16H2,1-5H3. The van der Waals surface area contributed by atoms with Crippen molar-refractivity contribution in [3.63, 3.8) is 0 Å². The highest BCUT2D eigenvalue weighted by molar-refractivity contribution is 7.15. The molecular weight excluding hydrogens is 464 g/mol. The first kappa shape index (κ1) is 25.7. The van der Waals surface area contributed by atoms with E-state index in [-0.39, 0.29) is 41.8 Å². The largest absolute Gasteiger partial charge is 0.465 e. The van der Waals surface area contributed by atoms with Gasteiger partial charge in [0, 0.05) is 17.9 Å². The number of hydrogen-bond acceptors (Lipinski definition) is 6. The molecule has 190 valence electrons. The van der Waals surface area contributed by atoms with Crippen LogP contribution in [0.15, 0.2) is 6.07 Å². The normalized spacial score (nSPS) is 25.7. The summed E-state index contributed by atoms with van der Waals surface area (Å²) >= 11 is 1.21. The van der Waals surface area contributed by atoms with E-state index < -0.39 is 5.97 Å². The Morgan fingerprint density at radius 2 is 1.94 bits per heavy atom. The van der Waals surface area contributed by atoms with Gasteiger partial charge in [-0.1, -0.05) is 18.8 Å². The van der Waals surface area contributed by atoms with E-state index in [1.54, 1.807) is 6.07 Å². The molecule has 2 atom stereocenters. The van der Waals surface area contributed by atoms with Gasteiger partial charge < -0.3 is 19.3 Å². The maximum Gasteiger partial charge on any atom is 0.350 e. The van der Waals surface area contributed by atoms with Crippen molar-refractivity contribution in [3.05, 3.63) is 15.8 Å². The third-order valence-corrected chi connectivity index (χ3v) is 8.10. The summed E-state index contributed by atoms with van der Waals surface area (Å²) in [6.45, 7) is 9.26. The molecule has 35 heavy (non-hydrogen) atoms. The van der Waals surface area contributed by atoms with Crippen LogP contribution in [-0.4, -0.2) is 61.6 Å². The van der Waals surface area contributed by atoms with E-state index in [1.807, 2.05) is 25.7 Å². The minimum Gasteiger partial charge on any atom is -0.465 e. The van der Waals surface area contributed by atoms with Crippen molar-refractivity contribution in [2.45, 2.75) is 71.9 Å². The minimum absolute atomic E-state index is 0.0655. The van der Waals surface area contributed by atoms with Gasteiger partial charge in [0.15, 0.2) is 0 Å². The lowest BCUT2D eigenvalue weighted by Gasteiger charge is -2.33. The van der Waals surface area contributed by atoms with Crippen molar-refractivity contribution in [1.82, 2.24) is 4.90 Å². The second kappa shape index (κ2) is 10.3. The Kier molecular flexibility index (Phi) is 7.58. The average molecular weight is 501 g/mol. The Labute approximate surface area is 212 Å². The van der Waals surface area contributed by atoms with Crippen LogP contribution in [0.2, 0.25) is 0 Å². The van der Waals surface area contributed by atoms with E-state index in [1.165, 1.54) is 23.3 Å². The maximum absolute atomic E-state index is 13.9. The van der Waals surface area contributed by atoms with Crippen LogP contribution in [0, 0.1) is 29.1 Å². The smallest absolute Gasteiger partial charge is 0.350 e. The van der Waals surface area contributed by atoms with E-state index in [4.69, 9.17) is 9.47 Å². The highest BCUT2D eigenvalue weighted by atomic mass is 32.1. The van der Waals surface area contributed by atoms with Crippen LogP contribution in [-0.2, 0) is 19.1 Å². The predicted molar refractivity (Wildman–Crippen MR) is 135 cm³/mol. The number of esters is 1. The number of fused-ring (bicyclic) bond motifs is 2. The highest BCUT2D eigenvalue weighted by Crippen LogP contribution is 2.36. The van der Waals surface area contributed by atoms with Gasteiger partial charge in [-0.25, -0.2) is 4.79 Å². The SMILES string of the molecule is COC(=O)c1sc(C#CC(C)(C)C)cc1N(CC(=O)N1CC2CC1CO2)C(=O)C1CCC(C)CC1. The lowest BCUT2D eigenvalue weighted by atomic mass is 9.82. The number of morpholine rings is 1. The number of carbonyl (C=O) groups excluding carboxylic acids is 3. The number of methoxy groups -OCH3 is 1. The number of nitrogens with zero attached hydrogens (tertiary/aromatic N) is 2. The summed E-state index contributed by atoms with van der Waals surface area (Å²) < 4.78 is 10.7. The Balaban J connectivity index is 1.68. The molecule has 1 aromatic rings. The van der Waals surface area contributed by atoms with Gasteiger partial charge in [-0.15, -0.1) is 11.3 Å². The van der Waals surface area contributed by atoms with Crippen molar-refractivity contribution >= 4 is 34.8 Å². The molecule has 2 aliphatic heterocycles. The van der Waals surface area contributed by atoms with Crippen LogP contribution in [0.3, 0.4) is 0 Å². The van der Waals surface area contributed by atoms with Crippen LogP contribution >= 0.6 is 11.3 Å². The first-order chi connectivity index (χ1) is 16.6. The van der Waals surface area contributed by atoms with Gasteiger partial charge in [0.1, 0.15) is 11.4 Å². The summed E-state index contributed by atoms with van der Waals surface area (Å²) in [6, 6.07) is 1.83. The molecule has 3 aliphatic rings. The molecule has 2 unspecified atom stereocenters. The van der Waals surface area contributed by atoms with Gasteiger partial charge in [-0.2, -0.15) is 0 Å². The third-order valence-electron chi connectivity index (χ3n) is 7.08. The lowest BCUT2D eigenvalue weighted by molar-refractivity contribution is -0.136. The molecule has 3 fully saturated rings.